The summed E-state index contributed by atoms with van der Waals surface area (Å²) in [6.07, 6.45) is 2.22. The summed E-state index contributed by atoms with van der Waals surface area (Å²) in [6, 6.07) is 7.66. The molecule has 0 bridgehead atoms. The Balaban J connectivity index is 2.06. The second kappa shape index (κ2) is 4.49. The van der Waals surface area contributed by atoms with Gasteiger partial charge in [0.2, 0.25) is 5.91 Å². The van der Waals surface area contributed by atoms with Gasteiger partial charge in [-0.05, 0) is 17.5 Å². The molecule has 16 heavy (non-hydrogen) atoms. The fraction of sp³-hybridized carbons (Fsp3) is 0.308. The van der Waals surface area contributed by atoms with Crippen molar-refractivity contribution in [2.45, 2.75) is 25.6 Å². The number of carbonyl (C=O) groups excluding carboxylic acids is 1. The van der Waals surface area contributed by atoms with E-state index in [1.807, 2.05) is 12.1 Å². The second-order valence-corrected chi connectivity index (χ2v) is 4.09. The third kappa shape index (κ3) is 1.99. The van der Waals surface area contributed by atoms with Crippen LogP contribution in [0, 0.1) is 0 Å². The number of hydrogen-bond donors (Lipinski definition) is 1. The molecule has 1 aliphatic rings. The van der Waals surface area contributed by atoms with Crippen molar-refractivity contribution >= 4 is 5.91 Å². The molecule has 3 nitrogen and oxygen atoms in total. The Morgan fingerprint density at radius 3 is 2.50 bits per heavy atom. The average molecular weight is 216 g/mol. The molecule has 0 spiro atoms. The number of amides is 1. The molecule has 1 aromatic rings. The molecule has 0 fully saturated rings. The molecule has 1 unspecified atom stereocenters. The van der Waals surface area contributed by atoms with Crippen LogP contribution < -0.4 is 5.73 Å². The van der Waals surface area contributed by atoms with Crippen molar-refractivity contribution in [3.05, 3.63) is 48.0 Å². The molecule has 1 aliphatic heterocycles. The van der Waals surface area contributed by atoms with Crippen molar-refractivity contribution in [2.75, 3.05) is 0 Å². The highest BCUT2D eigenvalue weighted by Gasteiger charge is 2.25. The van der Waals surface area contributed by atoms with Gasteiger partial charge < -0.3 is 10.6 Å². The summed E-state index contributed by atoms with van der Waals surface area (Å²) in [6.45, 7) is 4.96. The molecule has 1 aromatic carbocycles. The van der Waals surface area contributed by atoms with Gasteiger partial charge in [-0.2, -0.15) is 0 Å². The van der Waals surface area contributed by atoms with Crippen LogP contribution in [0.1, 0.15) is 17.5 Å². The molecule has 84 valence electrons. The van der Waals surface area contributed by atoms with E-state index in [0.717, 1.165) is 0 Å². The smallest absolute Gasteiger partial charge is 0.240 e. The van der Waals surface area contributed by atoms with E-state index in [0.29, 0.717) is 19.5 Å². The molecular formula is C13H16N2O. The minimum Gasteiger partial charge on any atom is -0.333 e. The predicted octanol–water partition coefficient (Wildman–Crippen LogP) is 1.43. The van der Waals surface area contributed by atoms with Gasteiger partial charge >= 0.3 is 0 Å². The molecule has 3 heteroatoms. The molecule has 1 amide bonds. The maximum absolute atomic E-state index is 12.0. The van der Waals surface area contributed by atoms with E-state index in [-0.39, 0.29) is 5.91 Å². The van der Waals surface area contributed by atoms with Crippen molar-refractivity contribution in [1.82, 2.24) is 4.90 Å². The van der Waals surface area contributed by atoms with Crippen molar-refractivity contribution < 1.29 is 4.79 Å². The monoisotopic (exact) mass is 216 g/mol. The van der Waals surface area contributed by atoms with E-state index in [2.05, 4.69) is 18.7 Å². The van der Waals surface area contributed by atoms with Crippen LogP contribution in [-0.2, 0) is 17.9 Å². The van der Waals surface area contributed by atoms with Gasteiger partial charge in [-0.3, -0.25) is 4.79 Å². The Hall–Kier alpha value is -1.61. The number of nitrogens with two attached hydrogens (primary N) is 1. The van der Waals surface area contributed by atoms with Gasteiger partial charge in [-0.1, -0.05) is 30.3 Å². The van der Waals surface area contributed by atoms with Crippen LogP contribution in [0.2, 0.25) is 0 Å². The summed E-state index contributed by atoms with van der Waals surface area (Å²) in [7, 11) is 0. The summed E-state index contributed by atoms with van der Waals surface area (Å²) in [5.41, 5.74) is 8.23. The van der Waals surface area contributed by atoms with Crippen LogP contribution in [-0.4, -0.2) is 16.8 Å². The first-order valence-corrected chi connectivity index (χ1v) is 5.44. The number of hydrogen-bond acceptors (Lipinski definition) is 2. The molecule has 0 aromatic heterocycles. The highest BCUT2D eigenvalue weighted by molar-refractivity contribution is 5.82. The number of rotatable bonds is 3. The van der Waals surface area contributed by atoms with Crippen molar-refractivity contribution in [1.29, 1.82) is 0 Å². The van der Waals surface area contributed by atoms with Crippen molar-refractivity contribution in [2.24, 2.45) is 5.73 Å². The Kier molecular flexibility index (Phi) is 3.06. The van der Waals surface area contributed by atoms with Crippen LogP contribution >= 0.6 is 0 Å². The fourth-order valence-corrected chi connectivity index (χ4v) is 2.00. The molecule has 2 rings (SSSR count). The van der Waals surface area contributed by atoms with E-state index in [9.17, 15) is 4.79 Å². The maximum Gasteiger partial charge on any atom is 0.240 e. The first-order chi connectivity index (χ1) is 7.72. The van der Waals surface area contributed by atoms with Gasteiger partial charge in [0.15, 0.2) is 0 Å². The summed E-state index contributed by atoms with van der Waals surface area (Å²) < 4.78 is 0. The normalized spacial score (nSPS) is 15.7. The lowest BCUT2D eigenvalue weighted by Gasteiger charge is -2.19. The van der Waals surface area contributed by atoms with Crippen molar-refractivity contribution in [3.8, 4) is 0 Å². The van der Waals surface area contributed by atoms with Crippen LogP contribution in [0.25, 0.3) is 0 Å². The number of benzene rings is 1. The molecule has 0 saturated heterocycles. The largest absolute Gasteiger partial charge is 0.333 e. The molecule has 0 saturated carbocycles. The minimum atomic E-state index is -0.452. The SMILES string of the molecule is C=CCC(N)C(=O)N1Cc2ccccc2C1. The summed E-state index contributed by atoms with van der Waals surface area (Å²) in [5.74, 6) is 0.0103. The van der Waals surface area contributed by atoms with E-state index in [1.54, 1.807) is 11.0 Å². The minimum absolute atomic E-state index is 0.0103. The van der Waals surface area contributed by atoms with Gasteiger partial charge in [-0.25, -0.2) is 0 Å². The number of nitrogens with zero attached hydrogens (tertiary/aromatic N) is 1. The van der Waals surface area contributed by atoms with E-state index >= 15 is 0 Å². The summed E-state index contributed by atoms with van der Waals surface area (Å²) in [5, 5.41) is 0. The molecular weight excluding hydrogens is 200 g/mol. The third-order valence-electron chi connectivity index (χ3n) is 2.89. The molecule has 0 aliphatic carbocycles. The zero-order valence-corrected chi connectivity index (χ0v) is 9.23. The Morgan fingerprint density at radius 1 is 1.44 bits per heavy atom. The Labute approximate surface area is 95.6 Å². The quantitative estimate of drug-likeness (QED) is 0.777. The average Bonchev–Trinajstić information content (AvgIpc) is 2.71. The van der Waals surface area contributed by atoms with Gasteiger partial charge in [-0.15, -0.1) is 6.58 Å². The summed E-state index contributed by atoms with van der Waals surface area (Å²) in [4.78, 5) is 13.8. The molecule has 0 radical (unpaired) electrons. The fourth-order valence-electron chi connectivity index (χ4n) is 2.00. The standard InChI is InChI=1S/C13H16N2O/c1-2-5-12(14)13(16)15-8-10-6-3-4-7-11(10)9-15/h2-4,6-7,12H,1,5,8-9,14H2. The zero-order chi connectivity index (χ0) is 11.5. The van der Waals surface area contributed by atoms with Gasteiger partial charge in [0, 0.05) is 13.1 Å². The lowest BCUT2D eigenvalue weighted by molar-refractivity contribution is -0.133. The topological polar surface area (TPSA) is 46.3 Å². The van der Waals surface area contributed by atoms with Gasteiger partial charge in [0.05, 0.1) is 6.04 Å². The first-order valence-electron chi connectivity index (χ1n) is 5.44. The van der Waals surface area contributed by atoms with Crippen LogP contribution in [0.5, 0.6) is 0 Å². The van der Waals surface area contributed by atoms with Gasteiger partial charge in [0.1, 0.15) is 0 Å². The molecule has 1 heterocycles. The highest BCUT2D eigenvalue weighted by atomic mass is 16.2. The molecule has 1 atom stereocenters. The first kappa shape index (κ1) is 10.9. The van der Waals surface area contributed by atoms with Crippen LogP contribution in [0.15, 0.2) is 36.9 Å². The van der Waals surface area contributed by atoms with E-state index in [4.69, 9.17) is 5.73 Å². The number of fused-ring (bicyclic) bond motifs is 1. The Morgan fingerprint density at radius 2 is 2.00 bits per heavy atom. The lowest BCUT2D eigenvalue weighted by atomic mass is 10.1. The Bertz CT molecular complexity index is 389. The van der Waals surface area contributed by atoms with Crippen molar-refractivity contribution in [3.63, 3.8) is 0 Å². The maximum atomic E-state index is 12.0. The predicted molar refractivity (Wildman–Crippen MR) is 63.5 cm³/mol. The molecule has 2 N–H and O–H groups in total. The van der Waals surface area contributed by atoms with E-state index < -0.39 is 6.04 Å². The number of carbonyl (C=O) groups is 1. The third-order valence-corrected chi connectivity index (χ3v) is 2.89. The van der Waals surface area contributed by atoms with Crippen LogP contribution in [0.3, 0.4) is 0 Å². The second-order valence-electron chi connectivity index (χ2n) is 4.09. The zero-order valence-electron chi connectivity index (χ0n) is 9.23. The van der Waals surface area contributed by atoms with Crippen LogP contribution in [0.4, 0.5) is 0 Å². The van der Waals surface area contributed by atoms with Gasteiger partial charge in [0.25, 0.3) is 0 Å². The van der Waals surface area contributed by atoms with E-state index in [1.165, 1.54) is 11.1 Å². The summed E-state index contributed by atoms with van der Waals surface area (Å²) >= 11 is 0. The highest BCUT2D eigenvalue weighted by Crippen LogP contribution is 2.22. The lowest BCUT2D eigenvalue weighted by Crippen LogP contribution is -2.40.